The number of nitrogens with zero attached hydrogens (tertiary/aromatic N) is 1. The first-order valence-corrected chi connectivity index (χ1v) is 7.43. The number of hydrogen-bond donors (Lipinski definition) is 1. The fourth-order valence-electron chi connectivity index (χ4n) is 1.90. The van der Waals surface area contributed by atoms with E-state index in [0.717, 1.165) is 22.2 Å². The van der Waals surface area contributed by atoms with E-state index in [0.29, 0.717) is 6.42 Å². The maximum Gasteiger partial charge on any atom is 0.122 e. The fourth-order valence-corrected chi connectivity index (χ4v) is 2.17. The first-order valence-electron chi connectivity index (χ1n) is 6.64. The average molecular weight is 336 g/mol. The summed E-state index contributed by atoms with van der Waals surface area (Å²) in [6, 6.07) is 11.5. The zero-order chi connectivity index (χ0) is 14.4. The molecule has 0 spiro atoms. The van der Waals surface area contributed by atoms with Crippen LogP contribution in [0.5, 0.6) is 5.75 Å². The molecule has 0 radical (unpaired) electrons. The number of benzene rings is 1. The van der Waals surface area contributed by atoms with E-state index in [1.807, 2.05) is 49.5 Å². The molecule has 0 aliphatic heterocycles. The van der Waals surface area contributed by atoms with Gasteiger partial charge in [0.15, 0.2) is 0 Å². The van der Waals surface area contributed by atoms with Crippen LogP contribution in [0.4, 0.5) is 0 Å². The van der Waals surface area contributed by atoms with Gasteiger partial charge in [-0.25, -0.2) is 0 Å². The monoisotopic (exact) mass is 335 g/mol. The number of hydrogen-bond acceptors (Lipinski definition) is 3. The Morgan fingerprint density at radius 3 is 2.65 bits per heavy atom. The minimum atomic E-state index is -0.501. The second-order valence-electron chi connectivity index (χ2n) is 4.74. The fraction of sp³-hybridized carbons (Fsp3) is 0.312. The first-order chi connectivity index (χ1) is 9.65. The van der Waals surface area contributed by atoms with Crippen LogP contribution in [0.1, 0.15) is 18.9 Å². The van der Waals surface area contributed by atoms with Gasteiger partial charge in [-0.2, -0.15) is 0 Å². The summed E-state index contributed by atoms with van der Waals surface area (Å²) in [6.45, 7) is 1.88. The number of halogens is 1. The van der Waals surface area contributed by atoms with E-state index in [1.54, 1.807) is 6.20 Å². The van der Waals surface area contributed by atoms with Gasteiger partial charge in [0, 0.05) is 16.9 Å². The zero-order valence-electron chi connectivity index (χ0n) is 11.4. The van der Waals surface area contributed by atoms with Crippen molar-refractivity contribution < 1.29 is 9.84 Å². The van der Waals surface area contributed by atoms with Crippen LogP contribution in [-0.2, 0) is 6.42 Å². The lowest BCUT2D eigenvalue weighted by Crippen LogP contribution is -2.29. The normalized spacial score (nSPS) is 13.8. The molecule has 2 rings (SSSR count). The highest BCUT2D eigenvalue weighted by atomic mass is 79.9. The molecule has 1 aromatic heterocycles. The third kappa shape index (κ3) is 4.62. The lowest BCUT2D eigenvalue weighted by molar-refractivity contribution is 0.0420. The Morgan fingerprint density at radius 1 is 1.25 bits per heavy atom. The molecule has 0 saturated carbocycles. The molecule has 106 valence electrons. The van der Waals surface area contributed by atoms with Crippen molar-refractivity contribution in [3.8, 4) is 5.75 Å². The molecule has 0 aliphatic rings. The molecular formula is C16H18BrNO2. The van der Waals surface area contributed by atoms with Gasteiger partial charge in [-0.1, -0.05) is 22.0 Å². The van der Waals surface area contributed by atoms with Crippen molar-refractivity contribution in [3.05, 3.63) is 58.8 Å². The maximum atomic E-state index is 10.1. The number of aryl methyl sites for hydroxylation is 1. The van der Waals surface area contributed by atoms with E-state index in [1.165, 1.54) is 0 Å². The molecule has 0 saturated heterocycles. The Labute approximate surface area is 127 Å². The van der Waals surface area contributed by atoms with Crippen molar-refractivity contribution >= 4 is 15.9 Å². The highest BCUT2D eigenvalue weighted by Gasteiger charge is 2.15. The Hall–Kier alpha value is -1.39. The molecule has 1 aromatic carbocycles. The summed E-state index contributed by atoms with van der Waals surface area (Å²) in [5.74, 6) is 0.765. The summed E-state index contributed by atoms with van der Waals surface area (Å²) in [5, 5.41) is 10.1. The van der Waals surface area contributed by atoms with E-state index in [-0.39, 0.29) is 6.10 Å². The summed E-state index contributed by atoms with van der Waals surface area (Å²) < 4.78 is 6.74. The molecule has 0 fully saturated rings. The Kier molecular flexibility index (Phi) is 5.56. The zero-order valence-corrected chi connectivity index (χ0v) is 13.0. The van der Waals surface area contributed by atoms with Crippen LogP contribution in [0.2, 0.25) is 0 Å². The van der Waals surface area contributed by atoms with Crippen LogP contribution >= 0.6 is 15.9 Å². The molecule has 3 nitrogen and oxygen atoms in total. The van der Waals surface area contributed by atoms with E-state index in [2.05, 4.69) is 20.9 Å². The smallest absolute Gasteiger partial charge is 0.122 e. The second kappa shape index (κ2) is 7.41. The van der Waals surface area contributed by atoms with Gasteiger partial charge in [-0.15, -0.1) is 0 Å². The van der Waals surface area contributed by atoms with Crippen LogP contribution in [0.15, 0.2) is 53.3 Å². The molecule has 0 aliphatic carbocycles. The standard InChI is InChI=1S/C16H18BrNO2/c1-12(20-15-7-5-14(17)6-8-15)16(19)9-4-13-3-2-10-18-11-13/h2-3,5-8,10-12,16,19H,4,9H2,1H3/t12-,16?/m0/s1. The van der Waals surface area contributed by atoms with Crippen LogP contribution in [0.25, 0.3) is 0 Å². The predicted octanol–water partition coefficient (Wildman–Crippen LogP) is 3.61. The van der Waals surface area contributed by atoms with Gasteiger partial charge in [-0.05, 0) is 55.7 Å². The topological polar surface area (TPSA) is 42.4 Å². The van der Waals surface area contributed by atoms with Crippen molar-refractivity contribution in [3.63, 3.8) is 0 Å². The highest BCUT2D eigenvalue weighted by molar-refractivity contribution is 9.10. The Morgan fingerprint density at radius 2 is 2.00 bits per heavy atom. The summed E-state index contributed by atoms with van der Waals surface area (Å²) in [6.07, 6.45) is 4.28. The molecule has 4 heteroatoms. The van der Waals surface area contributed by atoms with E-state index < -0.39 is 6.10 Å². The molecule has 2 atom stereocenters. The SMILES string of the molecule is C[C@H](Oc1ccc(Br)cc1)C(O)CCc1cccnc1. The predicted molar refractivity (Wildman–Crippen MR) is 82.8 cm³/mol. The molecular weight excluding hydrogens is 318 g/mol. The van der Waals surface area contributed by atoms with Gasteiger partial charge >= 0.3 is 0 Å². The van der Waals surface area contributed by atoms with Crippen molar-refractivity contribution in [1.82, 2.24) is 4.98 Å². The van der Waals surface area contributed by atoms with Gasteiger partial charge in [0.25, 0.3) is 0 Å². The van der Waals surface area contributed by atoms with Gasteiger partial charge in [0.05, 0.1) is 6.10 Å². The number of aliphatic hydroxyl groups is 1. The molecule has 1 heterocycles. The third-order valence-electron chi connectivity index (χ3n) is 3.13. The maximum absolute atomic E-state index is 10.1. The van der Waals surface area contributed by atoms with Crippen molar-refractivity contribution in [1.29, 1.82) is 0 Å². The average Bonchev–Trinajstić information content (AvgIpc) is 2.48. The van der Waals surface area contributed by atoms with Crippen LogP contribution in [0, 0.1) is 0 Å². The van der Waals surface area contributed by atoms with E-state index in [4.69, 9.17) is 4.74 Å². The van der Waals surface area contributed by atoms with Crippen LogP contribution < -0.4 is 4.74 Å². The minimum absolute atomic E-state index is 0.243. The third-order valence-corrected chi connectivity index (χ3v) is 3.66. The number of aromatic nitrogens is 1. The molecule has 1 N–H and O–H groups in total. The van der Waals surface area contributed by atoms with Gasteiger partial charge in [0.1, 0.15) is 11.9 Å². The molecule has 0 bridgehead atoms. The first kappa shape index (κ1) is 15.0. The van der Waals surface area contributed by atoms with Crippen LogP contribution in [0.3, 0.4) is 0 Å². The van der Waals surface area contributed by atoms with E-state index in [9.17, 15) is 5.11 Å². The lowest BCUT2D eigenvalue weighted by atomic mass is 10.1. The van der Waals surface area contributed by atoms with Crippen LogP contribution in [-0.4, -0.2) is 22.3 Å². The summed E-state index contributed by atoms with van der Waals surface area (Å²) in [4.78, 5) is 4.07. The summed E-state index contributed by atoms with van der Waals surface area (Å²) in [5.41, 5.74) is 1.13. The van der Waals surface area contributed by atoms with Gasteiger partial charge in [-0.3, -0.25) is 4.98 Å². The largest absolute Gasteiger partial charge is 0.488 e. The summed E-state index contributed by atoms with van der Waals surface area (Å²) in [7, 11) is 0. The Balaban J connectivity index is 1.82. The van der Waals surface area contributed by atoms with Crippen molar-refractivity contribution in [2.75, 3.05) is 0 Å². The quantitative estimate of drug-likeness (QED) is 0.876. The van der Waals surface area contributed by atoms with Crippen molar-refractivity contribution in [2.45, 2.75) is 32.0 Å². The molecule has 20 heavy (non-hydrogen) atoms. The number of aliphatic hydroxyl groups excluding tert-OH is 1. The number of pyridine rings is 1. The molecule has 1 unspecified atom stereocenters. The molecule has 2 aromatic rings. The van der Waals surface area contributed by atoms with Gasteiger partial charge < -0.3 is 9.84 Å². The van der Waals surface area contributed by atoms with Crippen molar-refractivity contribution in [2.24, 2.45) is 0 Å². The minimum Gasteiger partial charge on any atom is -0.488 e. The lowest BCUT2D eigenvalue weighted by Gasteiger charge is -2.20. The van der Waals surface area contributed by atoms with Gasteiger partial charge in [0.2, 0.25) is 0 Å². The number of ether oxygens (including phenoxy) is 1. The number of rotatable bonds is 6. The molecule has 0 amide bonds. The second-order valence-corrected chi connectivity index (χ2v) is 5.66. The van der Waals surface area contributed by atoms with E-state index >= 15 is 0 Å². The summed E-state index contributed by atoms with van der Waals surface area (Å²) >= 11 is 3.38. The highest BCUT2D eigenvalue weighted by Crippen LogP contribution is 2.19. The Bertz CT molecular complexity index is 516.